The number of benzene rings is 1. The number of anilines is 1. The highest BCUT2D eigenvalue weighted by Gasteiger charge is 2.22. The Bertz CT molecular complexity index is 437. The molecule has 1 heterocycles. The first-order valence-corrected chi connectivity index (χ1v) is 7.80. The maximum atomic E-state index is 3.65. The van der Waals surface area contributed by atoms with Crippen molar-refractivity contribution in [2.24, 2.45) is 5.92 Å². The predicted molar refractivity (Wildman–Crippen MR) is 81.9 cm³/mol. The molecule has 0 aromatic heterocycles. The van der Waals surface area contributed by atoms with Crippen LogP contribution in [0, 0.1) is 12.8 Å². The lowest BCUT2D eigenvalue weighted by Gasteiger charge is -2.33. The van der Waals surface area contributed by atoms with Gasteiger partial charge in [0.25, 0.3) is 0 Å². The van der Waals surface area contributed by atoms with E-state index in [2.05, 4.69) is 42.3 Å². The van der Waals surface area contributed by atoms with E-state index in [1.807, 2.05) is 0 Å². The largest absolute Gasteiger partial charge is 0.371 e. The Morgan fingerprint density at radius 2 is 2.21 bits per heavy atom. The highest BCUT2D eigenvalue weighted by molar-refractivity contribution is 5.56. The fraction of sp³-hybridized carbons (Fsp3) is 0.647. The van der Waals surface area contributed by atoms with Crippen molar-refractivity contribution in [1.29, 1.82) is 0 Å². The molecule has 19 heavy (non-hydrogen) atoms. The van der Waals surface area contributed by atoms with Gasteiger partial charge >= 0.3 is 0 Å². The van der Waals surface area contributed by atoms with E-state index in [9.17, 15) is 0 Å². The molecule has 1 aliphatic heterocycles. The minimum Gasteiger partial charge on any atom is -0.371 e. The van der Waals surface area contributed by atoms with Gasteiger partial charge in [0.2, 0.25) is 0 Å². The zero-order chi connectivity index (χ0) is 13.2. The summed E-state index contributed by atoms with van der Waals surface area (Å²) in [6.07, 6.45) is 5.33. The average molecular weight is 258 g/mol. The van der Waals surface area contributed by atoms with Crippen LogP contribution in [-0.4, -0.2) is 25.7 Å². The van der Waals surface area contributed by atoms with Crippen molar-refractivity contribution in [3.05, 3.63) is 29.3 Å². The van der Waals surface area contributed by atoms with E-state index in [0.29, 0.717) is 0 Å². The summed E-state index contributed by atoms with van der Waals surface area (Å²) in [5, 5.41) is 3.65. The molecule has 1 aliphatic carbocycles. The van der Waals surface area contributed by atoms with E-state index >= 15 is 0 Å². The normalized spacial score (nSPS) is 20.2. The topological polar surface area (TPSA) is 15.3 Å². The van der Waals surface area contributed by atoms with Crippen LogP contribution in [0.5, 0.6) is 0 Å². The fourth-order valence-electron chi connectivity index (χ4n) is 3.09. The Hall–Kier alpha value is -1.02. The zero-order valence-corrected chi connectivity index (χ0v) is 12.3. The Morgan fingerprint density at radius 3 is 3.00 bits per heavy atom. The maximum absolute atomic E-state index is 3.65. The highest BCUT2D eigenvalue weighted by Crippen LogP contribution is 2.28. The number of nitrogens with one attached hydrogen (secondary N) is 1. The molecule has 0 radical (unpaired) electrons. The van der Waals surface area contributed by atoms with Gasteiger partial charge in [-0.2, -0.15) is 0 Å². The van der Waals surface area contributed by atoms with Crippen molar-refractivity contribution in [3.8, 4) is 0 Å². The van der Waals surface area contributed by atoms with Crippen molar-refractivity contribution in [1.82, 2.24) is 5.32 Å². The first-order chi connectivity index (χ1) is 9.22. The van der Waals surface area contributed by atoms with Crippen molar-refractivity contribution in [3.63, 3.8) is 0 Å². The third-order valence-electron chi connectivity index (χ3n) is 4.31. The summed E-state index contributed by atoms with van der Waals surface area (Å²) < 4.78 is 0. The van der Waals surface area contributed by atoms with Crippen LogP contribution in [0.15, 0.2) is 18.2 Å². The van der Waals surface area contributed by atoms with Crippen LogP contribution in [-0.2, 0) is 6.42 Å². The van der Waals surface area contributed by atoms with Crippen LogP contribution in [0.4, 0.5) is 5.69 Å². The second-order valence-electron chi connectivity index (χ2n) is 6.47. The Kier molecular flexibility index (Phi) is 3.79. The summed E-state index contributed by atoms with van der Waals surface area (Å²) in [6, 6.07) is 7.78. The molecule has 1 N–H and O–H groups in total. The molecule has 3 rings (SSSR count). The summed E-state index contributed by atoms with van der Waals surface area (Å²) in [5.41, 5.74) is 4.42. The number of hydrogen-bond donors (Lipinski definition) is 1. The van der Waals surface area contributed by atoms with Gasteiger partial charge in [0.15, 0.2) is 0 Å². The molecule has 104 valence electrons. The maximum Gasteiger partial charge on any atom is 0.0399 e. The number of aryl methyl sites for hydroxylation is 2. The van der Waals surface area contributed by atoms with Crippen molar-refractivity contribution < 1.29 is 0 Å². The van der Waals surface area contributed by atoms with Crippen LogP contribution in [0.2, 0.25) is 0 Å². The summed E-state index contributed by atoms with van der Waals surface area (Å²) in [5.74, 6) is 0.729. The van der Waals surface area contributed by atoms with Crippen LogP contribution in [0.3, 0.4) is 0 Å². The number of rotatable bonds is 5. The molecule has 1 aromatic rings. The third kappa shape index (κ3) is 3.30. The molecule has 0 amide bonds. The standard InChI is InChI=1S/C17H26N2/c1-13-5-8-17-15(10-13)4-3-9-19(17)12-14(2)11-18-16-6-7-16/h5,8,10,14,16,18H,3-4,6-7,9,11-12H2,1-2H3. The molecule has 2 nitrogen and oxygen atoms in total. The van der Waals surface area contributed by atoms with Crippen LogP contribution in [0.1, 0.15) is 37.3 Å². The molecule has 0 bridgehead atoms. The quantitative estimate of drug-likeness (QED) is 0.873. The first kappa shape index (κ1) is 13.0. The van der Waals surface area contributed by atoms with E-state index in [1.54, 1.807) is 5.56 Å². The Balaban J connectivity index is 1.62. The van der Waals surface area contributed by atoms with Gasteiger partial charge in [-0.1, -0.05) is 24.6 Å². The van der Waals surface area contributed by atoms with Crippen molar-refractivity contribution >= 4 is 5.69 Å². The summed E-state index contributed by atoms with van der Waals surface area (Å²) in [7, 11) is 0. The molecule has 1 unspecified atom stereocenters. The number of hydrogen-bond acceptors (Lipinski definition) is 2. The van der Waals surface area contributed by atoms with Gasteiger partial charge < -0.3 is 10.2 Å². The van der Waals surface area contributed by atoms with E-state index in [0.717, 1.165) is 12.0 Å². The summed E-state index contributed by atoms with van der Waals surface area (Å²) in [4.78, 5) is 2.59. The lowest BCUT2D eigenvalue weighted by Crippen LogP contribution is -2.37. The molecule has 1 aromatic carbocycles. The zero-order valence-electron chi connectivity index (χ0n) is 12.3. The van der Waals surface area contributed by atoms with Gasteiger partial charge in [0, 0.05) is 24.8 Å². The lowest BCUT2D eigenvalue weighted by molar-refractivity contribution is 0.494. The van der Waals surface area contributed by atoms with Gasteiger partial charge in [-0.05, 0) is 56.7 Å². The second kappa shape index (κ2) is 5.54. The van der Waals surface area contributed by atoms with E-state index < -0.39 is 0 Å². The molecule has 0 spiro atoms. The van der Waals surface area contributed by atoms with E-state index in [4.69, 9.17) is 0 Å². The molecule has 1 saturated carbocycles. The van der Waals surface area contributed by atoms with Gasteiger partial charge in [0.05, 0.1) is 0 Å². The highest BCUT2D eigenvalue weighted by atomic mass is 15.1. The Morgan fingerprint density at radius 1 is 1.37 bits per heavy atom. The van der Waals surface area contributed by atoms with Gasteiger partial charge in [0.1, 0.15) is 0 Å². The average Bonchev–Trinajstić information content (AvgIpc) is 3.20. The van der Waals surface area contributed by atoms with E-state index in [-0.39, 0.29) is 0 Å². The summed E-state index contributed by atoms with van der Waals surface area (Å²) in [6.45, 7) is 8.15. The third-order valence-corrected chi connectivity index (χ3v) is 4.31. The fourth-order valence-corrected chi connectivity index (χ4v) is 3.09. The molecular weight excluding hydrogens is 232 g/mol. The molecule has 2 heteroatoms. The minimum atomic E-state index is 0.729. The second-order valence-corrected chi connectivity index (χ2v) is 6.47. The van der Waals surface area contributed by atoms with E-state index in [1.165, 1.54) is 56.6 Å². The number of fused-ring (bicyclic) bond motifs is 1. The molecule has 2 aliphatic rings. The molecular formula is C17H26N2. The molecule has 0 saturated heterocycles. The lowest BCUT2D eigenvalue weighted by atomic mass is 9.98. The van der Waals surface area contributed by atoms with Crippen LogP contribution >= 0.6 is 0 Å². The smallest absolute Gasteiger partial charge is 0.0399 e. The molecule has 1 atom stereocenters. The minimum absolute atomic E-state index is 0.729. The predicted octanol–water partition coefficient (Wildman–Crippen LogP) is 3.14. The van der Waals surface area contributed by atoms with Crippen molar-refractivity contribution in [2.75, 3.05) is 24.5 Å². The first-order valence-electron chi connectivity index (χ1n) is 7.80. The Labute approximate surface area is 117 Å². The van der Waals surface area contributed by atoms with Crippen LogP contribution < -0.4 is 10.2 Å². The van der Waals surface area contributed by atoms with Gasteiger partial charge in [-0.3, -0.25) is 0 Å². The number of nitrogens with zero attached hydrogens (tertiary/aromatic N) is 1. The molecule has 1 fully saturated rings. The van der Waals surface area contributed by atoms with Crippen LogP contribution in [0.25, 0.3) is 0 Å². The SMILES string of the molecule is Cc1ccc2c(c1)CCCN2CC(C)CNC1CC1. The van der Waals surface area contributed by atoms with Crippen molar-refractivity contribution in [2.45, 2.75) is 45.6 Å². The van der Waals surface area contributed by atoms with Gasteiger partial charge in [-0.25, -0.2) is 0 Å². The summed E-state index contributed by atoms with van der Waals surface area (Å²) >= 11 is 0. The monoisotopic (exact) mass is 258 g/mol. The van der Waals surface area contributed by atoms with Gasteiger partial charge in [-0.15, -0.1) is 0 Å².